The van der Waals surface area contributed by atoms with Gasteiger partial charge in [0.25, 0.3) is 5.91 Å². The Morgan fingerprint density at radius 3 is 2.30 bits per heavy atom. The molecule has 0 aromatic heterocycles. The molecule has 27 heavy (non-hydrogen) atoms. The summed E-state index contributed by atoms with van der Waals surface area (Å²) in [5, 5.41) is 2.36. The number of anilines is 1. The van der Waals surface area contributed by atoms with Gasteiger partial charge in [-0.1, -0.05) is 12.1 Å². The zero-order chi connectivity index (χ0) is 20.0. The van der Waals surface area contributed by atoms with Gasteiger partial charge in [0, 0.05) is 11.9 Å². The van der Waals surface area contributed by atoms with Gasteiger partial charge in [0.1, 0.15) is 5.75 Å². The van der Waals surface area contributed by atoms with Crippen LogP contribution in [0.1, 0.15) is 10.4 Å². The van der Waals surface area contributed by atoms with Crippen molar-refractivity contribution in [3.05, 3.63) is 54.1 Å². The Morgan fingerprint density at radius 1 is 1.07 bits per heavy atom. The second-order valence-electron chi connectivity index (χ2n) is 5.15. The predicted octanol–water partition coefficient (Wildman–Crippen LogP) is 3.12. The van der Waals surface area contributed by atoms with Crippen molar-refractivity contribution in [3.63, 3.8) is 0 Å². The summed E-state index contributed by atoms with van der Waals surface area (Å²) in [6, 6.07) is 10.6. The van der Waals surface area contributed by atoms with Crippen LogP contribution < -0.4 is 10.1 Å². The SMILES string of the molecule is C[S@@](=O)c1ccccc1C(=O)OCC(=O)Nc1ccc(OC(F)(F)F)cc1. The lowest BCUT2D eigenvalue weighted by Crippen LogP contribution is -2.21. The van der Waals surface area contributed by atoms with Crippen molar-refractivity contribution in [2.75, 3.05) is 18.2 Å². The van der Waals surface area contributed by atoms with Crippen LogP contribution in [0.15, 0.2) is 53.4 Å². The Kier molecular flexibility index (Phi) is 6.56. The van der Waals surface area contributed by atoms with E-state index in [0.717, 1.165) is 12.1 Å². The Hall–Kier alpha value is -2.88. The summed E-state index contributed by atoms with van der Waals surface area (Å²) in [7, 11) is -1.41. The fraction of sp³-hybridized carbons (Fsp3) is 0.176. The molecular weight excluding hydrogens is 387 g/mol. The van der Waals surface area contributed by atoms with Crippen molar-refractivity contribution >= 4 is 28.4 Å². The molecular formula is C17H14F3NO5S. The summed E-state index contributed by atoms with van der Waals surface area (Å²) in [6.45, 7) is -0.621. The van der Waals surface area contributed by atoms with Crippen molar-refractivity contribution in [2.45, 2.75) is 11.3 Å². The molecule has 0 unspecified atom stereocenters. The van der Waals surface area contributed by atoms with Gasteiger partial charge in [-0.2, -0.15) is 0 Å². The highest BCUT2D eigenvalue weighted by Gasteiger charge is 2.31. The molecule has 1 amide bonds. The predicted molar refractivity (Wildman–Crippen MR) is 90.8 cm³/mol. The molecule has 2 aromatic rings. The van der Waals surface area contributed by atoms with E-state index in [-0.39, 0.29) is 16.1 Å². The number of carbonyl (C=O) groups excluding carboxylic acids is 2. The lowest BCUT2D eigenvalue weighted by molar-refractivity contribution is -0.274. The van der Waals surface area contributed by atoms with Crippen LogP contribution in [-0.4, -0.2) is 35.3 Å². The first-order valence-electron chi connectivity index (χ1n) is 7.41. The van der Waals surface area contributed by atoms with E-state index in [2.05, 4.69) is 10.1 Å². The third-order valence-electron chi connectivity index (χ3n) is 3.12. The molecule has 0 spiro atoms. The standard InChI is InChI=1S/C17H14F3NO5S/c1-27(24)14-5-3-2-4-13(14)16(23)25-10-15(22)21-11-6-8-12(9-7-11)26-17(18,19)20/h2-9H,10H2,1H3,(H,21,22)/t27-/m1/s1. The molecule has 6 nitrogen and oxygen atoms in total. The van der Waals surface area contributed by atoms with Crippen LogP contribution in [0.25, 0.3) is 0 Å². The minimum Gasteiger partial charge on any atom is -0.452 e. The quantitative estimate of drug-likeness (QED) is 0.753. The number of nitrogens with one attached hydrogen (secondary N) is 1. The normalized spacial score (nSPS) is 12.1. The lowest BCUT2D eigenvalue weighted by Gasteiger charge is -2.10. The highest BCUT2D eigenvalue weighted by atomic mass is 32.2. The molecule has 0 saturated heterocycles. The number of carbonyl (C=O) groups is 2. The van der Waals surface area contributed by atoms with Gasteiger partial charge in [0.05, 0.1) is 21.3 Å². The summed E-state index contributed by atoms with van der Waals surface area (Å²) >= 11 is 0. The first-order chi connectivity index (χ1) is 12.7. The van der Waals surface area contributed by atoms with E-state index in [0.29, 0.717) is 0 Å². The molecule has 0 heterocycles. The molecule has 1 N–H and O–H groups in total. The second-order valence-corrected chi connectivity index (χ2v) is 6.49. The van der Waals surface area contributed by atoms with Gasteiger partial charge in [0.2, 0.25) is 0 Å². The van der Waals surface area contributed by atoms with E-state index in [1.54, 1.807) is 12.1 Å². The molecule has 144 valence electrons. The maximum absolute atomic E-state index is 12.1. The Morgan fingerprint density at radius 2 is 1.70 bits per heavy atom. The summed E-state index contributed by atoms with van der Waals surface area (Å²) in [4.78, 5) is 24.1. The number of benzene rings is 2. The molecule has 2 rings (SSSR count). The fourth-order valence-corrected chi connectivity index (χ4v) is 2.76. The number of halogens is 3. The number of esters is 1. The lowest BCUT2D eigenvalue weighted by atomic mass is 10.2. The molecule has 0 saturated carbocycles. The summed E-state index contributed by atoms with van der Waals surface area (Å²) in [6.07, 6.45) is -3.40. The minimum absolute atomic E-state index is 0.0831. The van der Waals surface area contributed by atoms with Crippen molar-refractivity contribution < 1.29 is 36.4 Å². The number of hydrogen-bond donors (Lipinski definition) is 1. The third kappa shape index (κ3) is 6.41. The monoisotopic (exact) mass is 401 g/mol. The van der Waals surface area contributed by atoms with Gasteiger partial charge in [-0.3, -0.25) is 9.00 Å². The van der Waals surface area contributed by atoms with Crippen LogP contribution >= 0.6 is 0 Å². The van der Waals surface area contributed by atoms with Gasteiger partial charge in [-0.25, -0.2) is 4.79 Å². The summed E-state index contributed by atoms with van der Waals surface area (Å²) < 4.78 is 56.5. The molecule has 0 fully saturated rings. The molecule has 0 aliphatic heterocycles. The van der Waals surface area contributed by atoms with Crippen molar-refractivity contribution in [2.24, 2.45) is 0 Å². The third-order valence-corrected chi connectivity index (χ3v) is 4.10. The highest BCUT2D eigenvalue weighted by Crippen LogP contribution is 2.24. The minimum atomic E-state index is -4.81. The van der Waals surface area contributed by atoms with E-state index >= 15 is 0 Å². The smallest absolute Gasteiger partial charge is 0.452 e. The van der Waals surface area contributed by atoms with Crippen LogP contribution in [-0.2, 0) is 20.3 Å². The molecule has 0 bridgehead atoms. The molecule has 10 heteroatoms. The number of hydrogen-bond acceptors (Lipinski definition) is 5. The van der Waals surface area contributed by atoms with Gasteiger partial charge >= 0.3 is 12.3 Å². The van der Waals surface area contributed by atoms with Crippen LogP contribution in [0.5, 0.6) is 5.75 Å². The van der Waals surface area contributed by atoms with Crippen molar-refractivity contribution in [1.82, 2.24) is 0 Å². The fourth-order valence-electron chi connectivity index (χ4n) is 2.03. The van der Waals surface area contributed by atoms with Crippen LogP contribution in [0.3, 0.4) is 0 Å². The largest absolute Gasteiger partial charge is 0.573 e. The average Bonchev–Trinajstić information content (AvgIpc) is 2.60. The zero-order valence-electron chi connectivity index (χ0n) is 13.9. The molecule has 0 radical (unpaired) electrons. The molecule has 0 aliphatic carbocycles. The van der Waals surface area contributed by atoms with E-state index < -0.39 is 41.4 Å². The summed E-state index contributed by atoms with van der Waals surface area (Å²) in [5.41, 5.74) is 0.278. The Bertz CT molecular complexity index is 852. The number of ether oxygens (including phenoxy) is 2. The molecule has 0 aliphatic rings. The van der Waals surface area contributed by atoms with E-state index in [4.69, 9.17) is 4.74 Å². The maximum atomic E-state index is 12.1. The topological polar surface area (TPSA) is 81.7 Å². The van der Waals surface area contributed by atoms with Crippen molar-refractivity contribution in [3.8, 4) is 5.75 Å². The highest BCUT2D eigenvalue weighted by molar-refractivity contribution is 7.84. The van der Waals surface area contributed by atoms with E-state index in [9.17, 15) is 27.0 Å². The Labute approximate surface area is 154 Å². The molecule has 2 aromatic carbocycles. The number of amides is 1. The second kappa shape index (κ2) is 8.67. The zero-order valence-corrected chi connectivity index (χ0v) is 14.7. The van der Waals surface area contributed by atoms with Crippen LogP contribution in [0, 0.1) is 0 Å². The van der Waals surface area contributed by atoms with E-state index in [1.807, 2.05) is 0 Å². The maximum Gasteiger partial charge on any atom is 0.573 e. The Balaban J connectivity index is 1.91. The number of rotatable bonds is 6. The van der Waals surface area contributed by atoms with Crippen LogP contribution in [0.4, 0.5) is 18.9 Å². The first-order valence-corrected chi connectivity index (χ1v) is 8.97. The van der Waals surface area contributed by atoms with Gasteiger partial charge in [-0.05, 0) is 36.4 Å². The first kappa shape index (κ1) is 20.4. The van der Waals surface area contributed by atoms with E-state index in [1.165, 1.54) is 30.5 Å². The summed E-state index contributed by atoms with van der Waals surface area (Å²) in [5.74, 6) is -1.94. The van der Waals surface area contributed by atoms with Gasteiger partial charge in [-0.15, -0.1) is 13.2 Å². The van der Waals surface area contributed by atoms with Crippen LogP contribution in [0.2, 0.25) is 0 Å². The van der Waals surface area contributed by atoms with Crippen molar-refractivity contribution in [1.29, 1.82) is 0 Å². The average molecular weight is 401 g/mol. The van der Waals surface area contributed by atoms with Gasteiger partial charge in [0.15, 0.2) is 6.61 Å². The number of alkyl halides is 3. The molecule has 1 atom stereocenters. The van der Waals surface area contributed by atoms with Gasteiger partial charge < -0.3 is 14.8 Å².